The van der Waals surface area contributed by atoms with Crippen LogP contribution in [-0.2, 0) is 11.3 Å². The molecule has 0 aliphatic rings. The van der Waals surface area contributed by atoms with E-state index in [-0.39, 0.29) is 5.91 Å². The van der Waals surface area contributed by atoms with Crippen LogP contribution in [-0.4, -0.2) is 15.9 Å². The maximum atomic E-state index is 11.4. The van der Waals surface area contributed by atoms with Crippen LogP contribution in [0.15, 0.2) is 42.9 Å². The number of rotatable bonds is 5. The first-order chi connectivity index (χ1) is 9.29. The highest BCUT2D eigenvalue weighted by molar-refractivity contribution is 5.75. The van der Waals surface area contributed by atoms with Crippen LogP contribution in [0.25, 0.3) is 11.3 Å². The normalized spacial score (nSPS) is 10.2. The van der Waals surface area contributed by atoms with E-state index in [0.29, 0.717) is 13.0 Å². The SMILES string of the molecule is CCCC(=O)NCc1ccc(-c2cccnc2)nc1. The Morgan fingerprint density at radius 3 is 2.79 bits per heavy atom. The van der Waals surface area contributed by atoms with Crippen molar-refractivity contribution in [2.24, 2.45) is 0 Å². The standard InChI is InChI=1S/C15H17N3O/c1-2-4-15(19)18-10-12-6-7-14(17-9-12)13-5-3-8-16-11-13/h3,5-9,11H,2,4,10H2,1H3,(H,18,19). The van der Waals surface area contributed by atoms with Crippen molar-refractivity contribution in [3.05, 3.63) is 48.4 Å². The number of pyridine rings is 2. The fourth-order valence-corrected chi connectivity index (χ4v) is 1.73. The van der Waals surface area contributed by atoms with Gasteiger partial charge in [-0.1, -0.05) is 13.0 Å². The van der Waals surface area contributed by atoms with E-state index in [1.165, 1.54) is 0 Å². The van der Waals surface area contributed by atoms with Gasteiger partial charge in [0.1, 0.15) is 0 Å². The lowest BCUT2D eigenvalue weighted by Gasteiger charge is -2.05. The summed E-state index contributed by atoms with van der Waals surface area (Å²) >= 11 is 0. The second kappa shape index (κ2) is 6.64. The third-order valence-electron chi connectivity index (χ3n) is 2.75. The Kier molecular flexibility index (Phi) is 4.61. The molecule has 0 atom stereocenters. The summed E-state index contributed by atoms with van der Waals surface area (Å²) in [5.41, 5.74) is 2.87. The molecule has 0 bridgehead atoms. The number of amides is 1. The number of nitrogens with one attached hydrogen (secondary N) is 1. The summed E-state index contributed by atoms with van der Waals surface area (Å²) in [5, 5.41) is 2.87. The van der Waals surface area contributed by atoms with Gasteiger partial charge < -0.3 is 5.32 Å². The molecule has 0 aromatic carbocycles. The number of aromatic nitrogens is 2. The van der Waals surface area contributed by atoms with Gasteiger partial charge >= 0.3 is 0 Å². The molecule has 2 aromatic heterocycles. The van der Waals surface area contributed by atoms with E-state index < -0.39 is 0 Å². The largest absolute Gasteiger partial charge is 0.352 e. The van der Waals surface area contributed by atoms with E-state index in [4.69, 9.17) is 0 Å². The Bertz CT molecular complexity index is 523. The topological polar surface area (TPSA) is 54.9 Å². The van der Waals surface area contributed by atoms with Gasteiger partial charge in [-0.05, 0) is 30.2 Å². The fraction of sp³-hybridized carbons (Fsp3) is 0.267. The first-order valence-electron chi connectivity index (χ1n) is 6.41. The summed E-state index contributed by atoms with van der Waals surface area (Å²) in [6, 6.07) is 7.77. The number of hydrogen-bond acceptors (Lipinski definition) is 3. The summed E-state index contributed by atoms with van der Waals surface area (Å²) < 4.78 is 0. The van der Waals surface area contributed by atoms with Gasteiger partial charge in [-0.15, -0.1) is 0 Å². The third-order valence-corrected chi connectivity index (χ3v) is 2.75. The smallest absolute Gasteiger partial charge is 0.220 e. The van der Waals surface area contributed by atoms with Crippen LogP contribution >= 0.6 is 0 Å². The Morgan fingerprint density at radius 2 is 2.16 bits per heavy atom. The van der Waals surface area contributed by atoms with E-state index >= 15 is 0 Å². The van der Waals surface area contributed by atoms with Crippen molar-refractivity contribution >= 4 is 5.91 Å². The lowest BCUT2D eigenvalue weighted by Crippen LogP contribution is -2.22. The molecule has 4 nitrogen and oxygen atoms in total. The molecule has 2 heterocycles. The van der Waals surface area contributed by atoms with E-state index in [1.807, 2.05) is 31.2 Å². The zero-order valence-electron chi connectivity index (χ0n) is 11.0. The molecule has 1 amide bonds. The molecule has 0 aliphatic heterocycles. The highest BCUT2D eigenvalue weighted by Gasteiger charge is 2.01. The van der Waals surface area contributed by atoms with Gasteiger partial charge in [0.15, 0.2) is 0 Å². The van der Waals surface area contributed by atoms with Crippen LogP contribution in [0.1, 0.15) is 25.3 Å². The average molecular weight is 255 g/mol. The zero-order valence-corrected chi connectivity index (χ0v) is 11.0. The zero-order chi connectivity index (χ0) is 13.5. The predicted molar refractivity (Wildman–Crippen MR) is 74.2 cm³/mol. The Hall–Kier alpha value is -2.23. The predicted octanol–water partition coefficient (Wildman–Crippen LogP) is 2.56. The van der Waals surface area contributed by atoms with Gasteiger partial charge in [-0.3, -0.25) is 14.8 Å². The lowest BCUT2D eigenvalue weighted by molar-refractivity contribution is -0.121. The van der Waals surface area contributed by atoms with Crippen LogP contribution in [0.2, 0.25) is 0 Å². The van der Waals surface area contributed by atoms with Gasteiger partial charge in [0, 0.05) is 37.1 Å². The van der Waals surface area contributed by atoms with Crippen LogP contribution < -0.4 is 5.32 Å². The number of nitrogens with zero attached hydrogens (tertiary/aromatic N) is 2. The van der Waals surface area contributed by atoms with E-state index in [2.05, 4.69) is 15.3 Å². The molecular formula is C15H17N3O. The minimum absolute atomic E-state index is 0.0823. The molecule has 1 N–H and O–H groups in total. The summed E-state index contributed by atoms with van der Waals surface area (Å²) in [4.78, 5) is 19.8. The third kappa shape index (κ3) is 3.88. The van der Waals surface area contributed by atoms with Crippen LogP contribution in [0.4, 0.5) is 0 Å². The first-order valence-corrected chi connectivity index (χ1v) is 6.41. The van der Waals surface area contributed by atoms with Crippen molar-refractivity contribution in [3.63, 3.8) is 0 Å². The molecule has 2 rings (SSSR count). The number of carbonyl (C=O) groups excluding carboxylic acids is 1. The van der Waals surface area contributed by atoms with Crippen LogP contribution in [0.3, 0.4) is 0 Å². The van der Waals surface area contributed by atoms with Gasteiger partial charge in [-0.2, -0.15) is 0 Å². The van der Waals surface area contributed by atoms with Gasteiger partial charge in [-0.25, -0.2) is 0 Å². The summed E-state index contributed by atoms with van der Waals surface area (Å²) in [6.45, 7) is 2.52. The molecular weight excluding hydrogens is 238 g/mol. The maximum Gasteiger partial charge on any atom is 0.220 e. The second-order valence-electron chi connectivity index (χ2n) is 4.32. The first kappa shape index (κ1) is 13.2. The van der Waals surface area contributed by atoms with Crippen LogP contribution in [0, 0.1) is 0 Å². The van der Waals surface area contributed by atoms with Crippen molar-refractivity contribution in [1.29, 1.82) is 0 Å². The molecule has 0 unspecified atom stereocenters. The van der Waals surface area contributed by atoms with Gasteiger partial charge in [0.25, 0.3) is 0 Å². The highest BCUT2D eigenvalue weighted by Crippen LogP contribution is 2.14. The number of carbonyl (C=O) groups is 1. The maximum absolute atomic E-state index is 11.4. The average Bonchev–Trinajstić information content (AvgIpc) is 2.47. The van der Waals surface area contributed by atoms with Gasteiger partial charge in [0.05, 0.1) is 5.69 Å². The Labute approximate surface area is 112 Å². The Balaban J connectivity index is 1.97. The summed E-state index contributed by atoms with van der Waals surface area (Å²) in [5.74, 6) is 0.0823. The molecule has 4 heteroatoms. The van der Waals surface area contributed by atoms with E-state index in [0.717, 1.165) is 23.2 Å². The molecule has 0 aliphatic carbocycles. The quantitative estimate of drug-likeness (QED) is 0.893. The van der Waals surface area contributed by atoms with Crippen molar-refractivity contribution in [1.82, 2.24) is 15.3 Å². The fourth-order valence-electron chi connectivity index (χ4n) is 1.73. The number of hydrogen-bond donors (Lipinski definition) is 1. The molecule has 98 valence electrons. The minimum Gasteiger partial charge on any atom is -0.352 e. The van der Waals surface area contributed by atoms with E-state index in [1.54, 1.807) is 18.6 Å². The van der Waals surface area contributed by atoms with Crippen molar-refractivity contribution in [2.45, 2.75) is 26.3 Å². The highest BCUT2D eigenvalue weighted by atomic mass is 16.1. The van der Waals surface area contributed by atoms with E-state index in [9.17, 15) is 4.79 Å². The monoisotopic (exact) mass is 255 g/mol. The molecule has 0 spiro atoms. The Morgan fingerprint density at radius 1 is 1.26 bits per heavy atom. The molecule has 0 saturated carbocycles. The van der Waals surface area contributed by atoms with Crippen LogP contribution in [0.5, 0.6) is 0 Å². The minimum atomic E-state index is 0.0823. The van der Waals surface area contributed by atoms with Crippen molar-refractivity contribution < 1.29 is 4.79 Å². The lowest BCUT2D eigenvalue weighted by atomic mass is 10.1. The van der Waals surface area contributed by atoms with Crippen molar-refractivity contribution in [2.75, 3.05) is 0 Å². The second-order valence-corrected chi connectivity index (χ2v) is 4.32. The molecule has 0 saturated heterocycles. The molecule has 19 heavy (non-hydrogen) atoms. The van der Waals surface area contributed by atoms with Crippen molar-refractivity contribution in [3.8, 4) is 11.3 Å². The van der Waals surface area contributed by atoms with Gasteiger partial charge in [0.2, 0.25) is 5.91 Å². The molecule has 0 radical (unpaired) electrons. The summed E-state index contributed by atoms with van der Waals surface area (Å²) in [7, 11) is 0. The molecule has 2 aromatic rings. The molecule has 0 fully saturated rings. The summed E-state index contributed by atoms with van der Waals surface area (Å²) in [6.07, 6.45) is 6.74.